The summed E-state index contributed by atoms with van der Waals surface area (Å²) in [6.07, 6.45) is 11.0. The standard InChI is InChI=1S/C13H29N/c1-4-7-8-9-10-11-13(6-3)14-12-5-2/h13-14H,4-12H2,1-3H3. The van der Waals surface area contributed by atoms with Gasteiger partial charge in [-0.1, -0.05) is 52.9 Å². The van der Waals surface area contributed by atoms with Gasteiger partial charge in [0.05, 0.1) is 0 Å². The molecule has 1 heteroatoms. The molecule has 0 aromatic carbocycles. The van der Waals surface area contributed by atoms with Crippen LogP contribution in [0.2, 0.25) is 0 Å². The third-order valence-corrected chi connectivity index (χ3v) is 2.83. The maximum absolute atomic E-state index is 3.61. The summed E-state index contributed by atoms with van der Waals surface area (Å²) in [6.45, 7) is 7.99. The molecule has 0 heterocycles. The molecule has 0 fully saturated rings. The molecule has 0 aromatic heterocycles. The normalized spacial score (nSPS) is 13.1. The lowest BCUT2D eigenvalue weighted by Crippen LogP contribution is -2.28. The van der Waals surface area contributed by atoms with E-state index in [4.69, 9.17) is 0 Å². The van der Waals surface area contributed by atoms with E-state index in [9.17, 15) is 0 Å². The topological polar surface area (TPSA) is 12.0 Å². The first-order valence-corrected chi connectivity index (χ1v) is 6.58. The van der Waals surface area contributed by atoms with Crippen molar-refractivity contribution in [3.63, 3.8) is 0 Å². The Kier molecular flexibility index (Phi) is 11.0. The Morgan fingerprint density at radius 2 is 1.57 bits per heavy atom. The van der Waals surface area contributed by atoms with Gasteiger partial charge in [-0.2, -0.15) is 0 Å². The SMILES string of the molecule is CCCCCCCC(CC)NCCC. The number of hydrogen-bond acceptors (Lipinski definition) is 1. The van der Waals surface area contributed by atoms with Crippen LogP contribution in [0.1, 0.15) is 72.1 Å². The summed E-state index contributed by atoms with van der Waals surface area (Å²) in [5, 5.41) is 3.61. The van der Waals surface area contributed by atoms with E-state index in [0.29, 0.717) is 0 Å². The van der Waals surface area contributed by atoms with Crippen molar-refractivity contribution in [3.05, 3.63) is 0 Å². The van der Waals surface area contributed by atoms with Gasteiger partial charge in [0.1, 0.15) is 0 Å². The molecule has 0 aliphatic carbocycles. The van der Waals surface area contributed by atoms with Crippen molar-refractivity contribution in [1.82, 2.24) is 5.32 Å². The molecule has 14 heavy (non-hydrogen) atoms. The zero-order valence-corrected chi connectivity index (χ0v) is 10.4. The van der Waals surface area contributed by atoms with Gasteiger partial charge in [-0.05, 0) is 25.8 Å². The number of rotatable bonds is 10. The summed E-state index contributed by atoms with van der Waals surface area (Å²) < 4.78 is 0. The first-order chi connectivity index (χ1) is 6.85. The predicted octanol–water partition coefficient (Wildman–Crippen LogP) is 4.13. The molecule has 0 aromatic rings. The van der Waals surface area contributed by atoms with Crippen molar-refractivity contribution < 1.29 is 0 Å². The van der Waals surface area contributed by atoms with Gasteiger partial charge in [-0.15, -0.1) is 0 Å². The van der Waals surface area contributed by atoms with E-state index in [1.807, 2.05) is 0 Å². The van der Waals surface area contributed by atoms with E-state index in [1.54, 1.807) is 0 Å². The highest BCUT2D eigenvalue weighted by Gasteiger charge is 2.03. The maximum atomic E-state index is 3.61. The van der Waals surface area contributed by atoms with E-state index in [0.717, 1.165) is 6.04 Å². The second-order valence-electron chi connectivity index (χ2n) is 4.26. The van der Waals surface area contributed by atoms with Crippen molar-refractivity contribution in [2.24, 2.45) is 0 Å². The van der Waals surface area contributed by atoms with Gasteiger partial charge < -0.3 is 5.32 Å². The fourth-order valence-electron chi connectivity index (χ4n) is 1.79. The molecule has 0 saturated carbocycles. The molecule has 0 amide bonds. The van der Waals surface area contributed by atoms with Crippen molar-refractivity contribution in [2.75, 3.05) is 6.54 Å². The van der Waals surface area contributed by atoms with Crippen LogP contribution in [0.4, 0.5) is 0 Å². The van der Waals surface area contributed by atoms with Crippen LogP contribution in [0.25, 0.3) is 0 Å². The predicted molar refractivity (Wildman–Crippen MR) is 65.7 cm³/mol. The summed E-state index contributed by atoms with van der Waals surface area (Å²) in [5.41, 5.74) is 0. The molecule has 0 radical (unpaired) electrons. The third-order valence-electron chi connectivity index (χ3n) is 2.83. The molecule has 1 atom stereocenters. The monoisotopic (exact) mass is 199 g/mol. The van der Waals surface area contributed by atoms with Crippen LogP contribution in [0.3, 0.4) is 0 Å². The number of hydrogen-bond donors (Lipinski definition) is 1. The van der Waals surface area contributed by atoms with Crippen LogP contribution >= 0.6 is 0 Å². The molecule has 1 nitrogen and oxygen atoms in total. The Morgan fingerprint density at radius 1 is 0.857 bits per heavy atom. The molecule has 86 valence electrons. The highest BCUT2D eigenvalue weighted by Crippen LogP contribution is 2.08. The Bertz CT molecular complexity index is 101. The van der Waals surface area contributed by atoms with Gasteiger partial charge in [-0.3, -0.25) is 0 Å². The molecule has 0 rings (SSSR count). The average molecular weight is 199 g/mol. The van der Waals surface area contributed by atoms with Gasteiger partial charge in [0.15, 0.2) is 0 Å². The Morgan fingerprint density at radius 3 is 2.14 bits per heavy atom. The second-order valence-corrected chi connectivity index (χ2v) is 4.26. The van der Waals surface area contributed by atoms with E-state index < -0.39 is 0 Å². The molecule has 0 bridgehead atoms. The van der Waals surface area contributed by atoms with Crippen molar-refractivity contribution in [2.45, 2.75) is 78.2 Å². The lowest BCUT2D eigenvalue weighted by molar-refractivity contribution is 0.443. The minimum absolute atomic E-state index is 0.775. The quantitative estimate of drug-likeness (QED) is 0.522. The molecule has 1 N–H and O–H groups in total. The Labute approximate surface area is 90.7 Å². The minimum atomic E-state index is 0.775. The fourth-order valence-corrected chi connectivity index (χ4v) is 1.79. The highest BCUT2D eigenvalue weighted by molar-refractivity contribution is 4.64. The van der Waals surface area contributed by atoms with Crippen LogP contribution in [0.15, 0.2) is 0 Å². The van der Waals surface area contributed by atoms with Crippen LogP contribution in [0.5, 0.6) is 0 Å². The van der Waals surface area contributed by atoms with E-state index in [2.05, 4.69) is 26.1 Å². The maximum Gasteiger partial charge on any atom is 0.00644 e. The summed E-state index contributed by atoms with van der Waals surface area (Å²) in [5.74, 6) is 0. The van der Waals surface area contributed by atoms with E-state index in [1.165, 1.54) is 57.9 Å². The van der Waals surface area contributed by atoms with Gasteiger partial charge in [0.2, 0.25) is 0 Å². The van der Waals surface area contributed by atoms with Crippen molar-refractivity contribution in [3.8, 4) is 0 Å². The molecule has 1 unspecified atom stereocenters. The van der Waals surface area contributed by atoms with E-state index >= 15 is 0 Å². The van der Waals surface area contributed by atoms with Gasteiger partial charge in [0, 0.05) is 6.04 Å². The third kappa shape index (κ3) is 8.55. The summed E-state index contributed by atoms with van der Waals surface area (Å²) in [4.78, 5) is 0. The highest BCUT2D eigenvalue weighted by atomic mass is 14.9. The van der Waals surface area contributed by atoms with Gasteiger partial charge >= 0.3 is 0 Å². The van der Waals surface area contributed by atoms with Crippen molar-refractivity contribution in [1.29, 1.82) is 0 Å². The van der Waals surface area contributed by atoms with Crippen LogP contribution in [0, 0.1) is 0 Å². The van der Waals surface area contributed by atoms with Crippen LogP contribution < -0.4 is 5.32 Å². The zero-order chi connectivity index (χ0) is 10.6. The Balaban J connectivity index is 3.24. The summed E-state index contributed by atoms with van der Waals surface area (Å²) in [7, 11) is 0. The van der Waals surface area contributed by atoms with Gasteiger partial charge in [-0.25, -0.2) is 0 Å². The smallest absolute Gasteiger partial charge is 0.00644 e. The molecular formula is C13H29N. The number of nitrogens with one attached hydrogen (secondary N) is 1. The summed E-state index contributed by atoms with van der Waals surface area (Å²) in [6, 6.07) is 0.775. The molecule has 0 aliphatic heterocycles. The second kappa shape index (κ2) is 11.0. The largest absolute Gasteiger partial charge is 0.314 e. The van der Waals surface area contributed by atoms with Gasteiger partial charge in [0.25, 0.3) is 0 Å². The lowest BCUT2D eigenvalue weighted by Gasteiger charge is -2.16. The zero-order valence-electron chi connectivity index (χ0n) is 10.4. The lowest BCUT2D eigenvalue weighted by atomic mass is 10.0. The first-order valence-electron chi connectivity index (χ1n) is 6.58. The van der Waals surface area contributed by atoms with Crippen molar-refractivity contribution >= 4 is 0 Å². The molecule has 0 saturated heterocycles. The molecule has 0 aliphatic rings. The minimum Gasteiger partial charge on any atom is -0.314 e. The molecular weight excluding hydrogens is 170 g/mol. The Hall–Kier alpha value is -0.0400. The first kappa shape index (κ1) is 14.0. The van der Waals surface area contributed by atoms with Crippen LogP contribution in [-0.2, 0) is 0 Å². The fraction of sp³-hybridized carbons (Fsp3) is 1.00. The van der Waals surface area contributed by atoms with Crippen LogP contribution in [-0.4, -0.2) is 12.6 Å². The summed E-state index contributed by atoms with van der Waals surface area (Å²) >= 11 is 0. The molecule has 0 spiro atoms. The average Bonchev–Trinajstić information content (AvgIpc) is 2.22. The number of unbranched alkanes of at least 4 members (excludes halogenated alkanes) is 4. The van der Waals surface area contributed by atoms with E-state index in [-0.39, 0.29) is 0 Å².